The lowest BCUT2D eigenvalue weighted by molar-refractivity contribution is -0.384. The maximum atomic E-state index is 12.3. The predicted molar refractivity (Wildman–Crippen MR) is 110 cm³/mol. The number of carbonyl (C=O) groups excluding carboxylic acids is 1. The highest BCUT2D eigenvalue weighted by Gasteiger charge is 2.18. The highest BCUT2D eigenvalue weighted by atomic mass is 16.6. The van der Waals surface area contributed by atoms with Crippen molar-refractivity contribution in [3.8, 4) is 11.5 Å². The van der Waals surface area contributed by atoms with Crippen molar-refractivity contribution >= 4 is 23.1 Å². The molecule has 0 spiro atoms. The normalized spacial score (nSPS) is 15.0. The summed E-state index contributed by atoms with van der Waals surface area (Å²) in [6, 6.07) is 7.78. The van der Waals surface area contributed by atoms with E-state index in [1.165, 1.54) is 12.3 Å². The van der Waals surface area contributed by atoms with E-state index < -0.39 is 4.92 Å². The molecule has 1 saturated heterocycles. The number of hydrogen-bond donors (Lipinski definition) is 2. The molecule has 2 N–H and O–H groups in total. The Kier molecular flexibility index (Phi) is 6.61. The van der Waals surface area contributed by atoms with Crippen molar-refractivity contribution < 1.29 is 14.5 Å². The van der Waals surface area contributed by atoms with Crippen LogP contribution in [0, 0.1) is 16.0 Å². The Bertz CT molecular complexity index is 881. The van der Waals surface area contributed by atoms with Crippen molar-refractivity contribution in [2.24, 2.45) is 5.92 Å². The number of likely N-dealkylation sites (tertiary alicyclic amines) is 1. The van der Waals surface area contributed by atoms with Gasteiger partial charge < -0.3 is 15.4 Å². The molecular weight excluding hydrogens is 374 g/mol. The van der Waals surface area contributed by atoms with Crippen LogP contribution in [-0.4, -0.2) is 47.4 Å². The molecule has 2 heterocycles. The van der Waals surface area contributed by atoms with E-state index in [2.05, 4.69) is 27.4 Å². The average molecular weight is 399 g/mol. The van der Waals surface area contributed by atoms with Gasteiger partial charge in [-0.25, -0.2) is 4.98 Å². The van der Waals surface area contributed by atoms with Gasteiger partial charge in [0.25, 0.3) is 5.69 Å². The Labute approximate surface area is 169 Å². The van der Waals surface area contributed by atoms with Crippen molar-refractivity contribution in [2.75, 3.05) is 37.3 Å². The first-order valence-corrected chi connectivity index (χ1v) is 9.57. The zero-order valence-electron chi connectivity index (χ0n) is 16.6. The first kappa shape index (κ1) is 20.5. The fourth-order valence-corrected chi connectivity index (χ4v) is 3.22. The minimum absolute atomic E-state index is 0.0802. The van der Waals surface area contributed by atoms with Gasteiger partial charge in [-0.1, -0.05) is 6.92 Å². The lowest BCUT2D eigenvalue weighted by Gasteiger charge is -2.29. The third-order valence-electron chi connectivity index (χ3n) is 4.91. The number of nitro benzene ring substituents is 1. The van der Waals surface area contributed by atoms with E-state index >= 15 is 0 Å². The lowest BCUT2D eigenvalue weighted by Crippen LogP contribution is -2.38. The molecule has 9 nitrogen and oxygen atoms in total. The molecular formula is C20H25N5O4. The van der Waals surface area contributed by atoms with Crippen LogP contribution >= 0.6 is 0 Å². The van der Waals surface area contributed by atoms with Gasteiger partial charge in [0.1, 0.15) is 23.0 Å². The number of anilines is 2. The fraction of sp³-hybridized carbons (Fsp3) is 0.400. The van der Waals surface area contributed by atoms with Crippen LogP contribution in [0.5, 0.6) is 11.5 Å². The maximum Gasteiger partial charge on any atom is 0.296 e. The summed E-state index contributed by atoms with van der Waals surface area (Å²) in [5, 5.41) is 16.8. The van der Waals surface area contributed by atoms with E-state index in [-0.39, 0.29) is 11.6 Å². The van der Waals surface area contributed by atoms with Crippen LogP contribution < -0.4 is 15.4 Å². The summed E-state index contributed by atoms with van der Waals surface area (Å²) in [5.41, 5.74) is 0.320. The number of nitro groups is 1. The second kappa shape index (κ2) is 9.33. The van der Waals surface area contributed by atoms with Gasteiger partial charge in [0, 0.05) is 19.3 Å². The summed E-state index contributed by atoms with van der Waals surface area (Å²) in [7, 11) is 1.62. The quantitative estimate of drug-likeness (QED) is 0.542. The van der Waals surface area contributed by atoms with Crippen molar-refractivity contribution in [3.63, 3.8) is 0 Å². The minimum Gasteiger partial charge on any atom is -0.457 e. The molecule has 1 aromatic carbocycles. The third-order valence-corrected chi connectivity index (χ3v) is 4.91. The average Bonchev–Trinajstić information content (AvgIpc) is 2.70. The molecule has 0 radical (unpaired) electrons. The standard InChI is InChI=1S/C20H25N5O4/c1-14-6-9-24(10-7-14)13-20(26)23-19-12-16(5-8-22-19)29-15-3-4-17(21-2)18(11-15)25(27)28/h3-5,8,11-12,14,21H,6-7,9-10,13H2,1-2H3,(H,22,23,26). The zero-order valence-corrected chi connectivity index (χ0v) is 16.6. The van der Waals surface area contributed by atoms with Crippen LogP contribution in [0.2, 0.25) is 0 Å². The molecule has 1 aliphatic heterocycles. The zero-order chi connectivity index (χ0) is 20.8. The second-order valence-corrected chi connectivity index (χ2v) is 7.17. The van der Waals surface area contributed by atoms with E-state index in [0.717, 1.165) is 25.9 Å². The van der Waals surface area contributed by atoms with Crippen molar-refractivity contribution in [2.45, 2.75) is 19.8 Å². The maximum absolute atomic E-state index is 12.3. The number of hydrogen-bond acceptors (Lipinski definition) is 7. The van der Waals surface area contributed by atoms with Crippen LogP contribution in [0.4, 0.5) is 17.2 Å². The van der Waals surface area contributed by atoms with Crippen molar-refractivity contribution in [1.82, 2.24) is 9.88 Å². The van der Waals surface area contributed by atoms with E-state index in [0.29, 0.717) is 35.5 Å². The summed E-state index contributed by atoms with van der Waals surface area (Å²) in [6.07, 6.45) is 3.73. The van der Waals surface area contributed by atoms with Crippen LogP contribution in [0.15, 0.2) is 36.5 Å². The van der Waals surface area contributed by atoms with Gasteiger partial charge in [0.2, 0.25) is 5.91 Å². The molecule has 1 fully saturated rings. The Balaban J connectivity index is 1.63. The van der Waals surface area contributed by atoms with Crippen LogP contribution in [0.25, 0.3) is 0 Å². The number of pyridine rings is 1. The summed E-state index contributed by atoms with van der Waals surface area (Å²) in [4.78, 5) is 29.3. The van der Waals surface area contributed by atoms with Crippen LogP contribution in [0.1, 0.15) is 19.8 Å². The van der Waals surface area contributed by atoms with Crippen LogP contribution in [0.3, 0.4) is 0 Å². The van der Waals surface area contributed by atoms with Gasteiger partial charge in [0.15, 0.2) is 0 Å². The Morgan fingerprint density at radius 1 is 1.28 bits per heavy atom. The number of benzene rings is 1. The minimum atomic E-state index is -0.474. The van der Waals surface area contributed by atoms with Gasteiger partial charge in [-0.05, 0) is 50.0 Å². The van der Waals surface area contributed by atoms with E-state index in [9.17, 15) is 14.9 Å². The predicted octanol–water partition coefficient (Wildman–Crippen LogP) is 3.49. The molecule has 0 unspecified atom stereocenters. The molecule has 0 atom stereocenters. The van der Waals surface area contributed by atoms with E-state index in [4.69, 9.17) is 4.74 Å². The molecule has 0 bridgehead atoms. The molecule has 154 valence electrons. The SMILES string of the molecule is CNc1ccc(Oc2ccnc(NC(=O)CN3CCC(C)CC3)c2)cc1[N+](=O)[O-]. The molecule has 2 aromatic rings. The fourth-order valence-electron chi connectivity index (χ4n) is 3.22. The molecule has 0 saturated carbocycles. The smallest absolute Gasteiger partial charge is 0.296 e. The number of amides is 1. The van der Waals surface area contributed by atoms with E-state index in [1.807, 2.05) is 0 Å². The van der Waals surface area contributed by atoms with Gasteiger partial charge in [-0.15, -0.1) is 0 Å². The van der Waals surface area contributed by atoms with Gasteiger partial charge in [-0.3, -0.25) is 19.8 Å². The summed E-state index contributed by atoms with van der Waals surface area (Å²) < 4.78 is 5.72. The first-order valence-electron chi connectivity index (χ1n) is 9.57. The lowest BCUT2D eigenvalue weighted by atomic mass is 9.99. The van der Waals surface area contributed by atoms with Crippen molar-refractivity contribution in [1.29, 1.82) is 0 Å². The molecule has 9 heteroatoms. The Hall–Kier alpha value is -3.20. The van der Waals surface area contributed by atoms with Gasteiger partial charge in [0.05, 0.1) is 17.5 Å². The summed E-state index contributed by atoms with van der Waals surface area (Å²) >= 11 is 0. The van der Waals surface area contributed by atoms with Crippen LogP contribution in [-0.2, 0) is 4.79 Å². The molecule has 1 amide bonds. The molecule has 0 aliphatic carbocycles. The number of rotatable bonds is 7. The molecule has 1 aromatic heterocycles. The van der Waals surface area contributed by atoms with Gasteiger partial charge >= 0.3 is 0 Å². The first-order chi connectivity index (χ1) is 13.9. The topological polar surface area (TPSA) is 110 Å². The molecule has 3 rings (SSSR count). The number of piperidine rings is 1. The highest BCUT2D eigenvalue weighted by Crippen LogP contribution is 2.31. The summed E-state index contributed by atoms with van der Waals surface area (Å²) in [6.45, 7) is 4.41. The van der Waals surface area contributed by atoms with Crippen molar-refractivity contribution in [3.05, 3.63) is 46.6 Å². The van der Waals surface area contributed by atoms with Gasteiger partial charge in [-0.2, -0.15) is 0 Å². The Morgan fingerprint density at radius 2 is 2.00 bits per heavy atom. The number of nitrogens with zero attached hydrogens (tertiary/aromatic N) is 3. The number of aromatic nitrogens is 1. The molecule has 1 aliphatic rings. The monoisotopic (exact) mass is 399 g/mol. The van der Waals surface area contributed by atoms with E-state index in [1.54, 1.807) is 31.3 Å². The second-order valence-electron chi connectivity index (χ2n) is 7.17. The largest absolute Gasteiger partial charge is 0.457 e. The molecule has 29 heavy (non-hydrogen) atoms. The number of ether oxygens (including phenoxy) is 1. The Morgan fingerprint density at radius 3 is 2.69 bits per heavy atom. The number of carbonyl (C=O) groups is 1. The summed E-state index contributed by atoms with van der Waals surface area (Å²) in [5.74, 6) is 1.70. The third kappa shape index (κ3) is 5.64. The number of nitrogens with one attached hydrogen (secondary N) is 2. The highest BCUT2D eigenvalue weighted by molar-refractivity contribution is 5.91.